The second-order valence-electron chi connectivity index (χ2n) is 7.14. The highest BCUT2D eigenvalue weighted by Crippen LogP contribution is 2.41. The molecule has 0 atom stereocenters. The zero-order valence-electron chi connectivity index (χ0n) is 15.7. The summed E-state index contributed by atoms with van der Waals surface area (Å²) in [5, 5.41) is 2.80. The van der Waals surface area contributed by atoms with Gasteiger partial charge in [0.15, 0.2) is 11.5 Å². The van der Waals surface area contributed by atoms with Crippen LogP contribution in [0.4, 0.5) is 0 Å². The SMILES string of the molecule is CC1(C)Cc2cccc(OCC#CCNC(=O)c3ccc4ncsc4c3)c2O1. The summed E-state index contributed by atoms with van der Waals surface area (Å²) in [7, 11) is 0. The summed E-state index contributed by atoms with van der Waals surface area (Å²) in [4.78, 5) is 16.4. The summed E-state index contributed by atoms with van der Waals surface area (Å²) < 4.78 is 12.7. The molecule has 0 saturated heterocycles. The molecule has 1 aliphatic heterocycles. The molecule has 2 heterocycles. The van der Waals surface area contributed by atoms with Crippen LogP contribution >= 0.6 is 11.3 Å². The van der Waals surface area contributed by atoms with E-state index in [1.54, 1.807) is 11.6 Å². The summed E-state index contributed by atoms with van der Waals surface area (Å²) in [6.45, 7) is 4.63. The molecule has 4 rings (SSSR count). The summed E-state index contributed by atoms with van der Waals surface area (Å²) >= 11 is 1.51. The van der Waals surface area contributed by atoms with E-state index in [9.17, 15) is 4.79 Å². The highest BCUT2D eigenvalue weighted by Gasteiger charge is 2.32. The minimum Gasteiger partial charge on any atom is -0.483 e. The van der Waals surface area contributed by atoms with Gasteiger partial charge in [0.1, 0.15) is 12.2 Å². The van der Waals surface area contributed by atoms with Crippen LogP contribution in [0.25, 0.3) is 10.2 Å². The topological polar surface area (TPSA) is 60.5 Å². The number of para-hydroxylation sites is 1. The van der Waals surface area contributed by atoms with Crippen molar-refractivity contribution < 1.29 is 14.3 Å². The molecule has 2 aromatic carbocycles. The van der Waals surface area contributed by atoms with E-state index in [4.69, 9.17) is 9.47 Å². The third kappa shape index (κ3) is 3.95. The fourth-order valence-electron chi connectivity index (χ4n) is 3.15. The Morgan fingerprint density at radius 2 is 2.21 bits per heavy atom. The third-order valence-corrected chi connectivity index (χ3v) is 5.20. The van der Waals surface area contributed by atoms with E-state index in [0.717, 1.165) is 28.0 Å². The average Bonchev–Trinajstić information content (AvgIpc) is 3.26. The van der Waals surface area contributed by atoms with Crippen LogP contribution in [-0.2, 0) is 6.42 Å². The predicted molar refractivity (Wildman–Crippen MR) is 110 cm³/mol. The summed E-state index contributed by atoms with van der Waals surface area (Å²) in [6.07, 6.45) is 0.866. The molecular formula is C22H20N2O3S. The van der Waals surface area contributed by atoms with Crippen LogP contribution in [0.5, 0.6) is 11.5 Å². The van der Waals surface area contributed by atoms with Crippen LogP contribution < -0.4 is 14.8 Å². The molecule has 0 spiro atoms. The summed E-state index contributed by atoms with van der Waals surface area (Å²) in [6, 6.07) is 11.4. The lowest BCUT2D eigenvalue weighted by Crippen LogP contribution is -2.24. The molecule has 0 fully saturated rings. The molecule has 0 bridgehead atoms. The Labute approximate surface area is 167 Å². The van der Waals surface area contributed by atoms with Crippen molar-refractivity contribution in [3.63, 3.8) is 0 Å². The number of hydrogen-bond donors (Lipinski definition) is 1. The van der Waals surface area contributed by atoms with Gasteiger partial charge in [-0.2, -0.15) is 0 Å². The van der Waals surface area contributed by atoms with Crippen molar-refractivity contribution in [2.75, 3.05) is 13.2 Å². The number of ether oxygens (including phenoxy) is 2. The Morgan fingerprint density at radius 3 is 3.11 bits per heavy atom. The predicted octanol–water partition coefficient (Wildman–Crippen LogP) is 3.82. The van der Waals surface area contributed by atoms with Gasteiger partial charge in [0.2, 0.25) is 0 Å². The van der Waals surface area contributed by atoms with E-state index < -0.39 is 0 Å². The average molecular weight is 392 g/mol. The maximum absolute atomic E-state index is 12.2. The molecule has 3 aromatic rings. The van der Waals surface area contributed by atoms with Crippen LogP contribution in [0.1, 0.15) is 29.8 Å². The Kier molecular flexibility index (Phi) is 4.93. The number of nitrogens with zero attached hydrogens (tertiary/aromatic N) is 1. The molecular weight excluding hydrogens is 372 g/mol. The number of carbonyl (C=O) groups excluding carboxylic acids is 1. The number of fused-ring (bicyclic) bond motifs is 2. The van der Waals surface area contributed by atoms with Crippen molar-refractivity contribution in [2.45, 2.75) is 25.9 Å². The standard InChI is InChI=1S/C22H20N2O3S/c1-22(2)13-16-6-5-7-18(20(16)27-22)26-11-4-3-10-23-21(25)15-8-9-17-19(12-15)28-14-24-17/h5-9,12,14H,10-11,13H2,1-2H3,(H,23,25). The van der Waals surface area contributed by atoms with Crippen molar-refractivity contribution in [2.24, 2.45) is 0 Å². The van der Waals surface area contributed by atoms with Crippen molar-refractivity contribution in [3.05, 3.63) is 53.0 Å². The Bertz CT molecular complexity index is 1090. The van der Waals surface area contributed by atoms with Gasteiger partial charge >= 0.3 is 0 Å². The van der Waals surface area contributed by atoms with E-state index in [1.165, 1.54) is 11.3 Å². The molecule has 0 unspecified atom stereocenters. The first-order chi connectivity index (χ1) is 13.5. The van der Waals surface area contributed by atoms with Crippen molar-refractivity contribution in [1.82, 2.24) is 10.3 Å². The number of aromatic nitrogens is 1. The van der Waals surface area contributed by atoms with Gasteiger partial charge in [-0.3, -0.25) is 4.79 Å². The van der Waals surface area contributed by atoms with E-state index in [1.807, 2.05) is 24.3 Å². The van der Waals surface area contributed by atoms with Gasteiger partial charge in [-0.15, -0.1) is 11.3 Å². The number of thiazole rings is 1. The molecule has 1 aliphatic rings. The number of carbonyl (C=O) groups is 1. The second-order valence-corrected chi connectivity index (χ2v) is 8.03. The zero-order chi connectivity index (χ0) is 19.6. The monoisotopic (exact) mass is 392 g/mol. The number of rotatable bonds is 4. The Morgan fingerprint density at radius 1 is 1.32 bits per heavy atom. The van der Waals surface area contributed by atoms with Gasteiger partial charge in [0.25, 0.3) is 5.91 Å². The van der Waals surface area contributed by atoms with Crippen LogP contribution in [0.15, 0.2) is 41.9 Å². The van der Waals surface area contributed by atoms with Crippen LogP contribution in [0.2, 0.25) is 0 Å². The number of benzene rings is 2. The summed E-state index contributed by atoms with van der Waals surface area (Å²) in [5.74, 6) is 7.21. The minimum absolute atomic E-state index is 0.151. The van der Waals surface area contributed by atoms with E-state index in [2.05, 4.69) is 42.1 Å². The molecule has 1 N–H and O–H groups in total. The maximum Gasteiger partial charge on any atom is 0.252 e. The second kappa shape index (κ2) is 7.53. The highest BCUT2D eigenvalue weighted by atomic mass is 32.1. The van der Waals surface area contributed by atoms with E-state index >= 15 is 0 Å². The molecule has 1 aromatic heterocycles. The molecule has 0 radical (unpaired) electrons. The quantitative estimate of drug-likeness (QED) is 0.686. The number of hydrogen-bond acceptors (Lipinski definition) is 5. The zero-order valence-corrected chi connectivity index (χ0v) is 16.6. The van der Waals surface area contributed by atoms with Crippen LogP contribution in [-0.4, -0.2) is 29.6 Å². The van der Waals surface area contributed by atoms with Gasteiger partial charge < -0.3 is 14.8 Å². The fraction of sp³-hybridized carbons (Fsp3) is 0.273. The van der Waals surface area contributed by atoms with E-state index in [-0.39, 0.29) is 24.7 Å². The lowest BCUT2D eigenvalue weighted by Gasteiger charge is -2.17. The molecule has 0 saturated carbocycles. The van der Waals surface area contributed by atoms with Gasteiger partial charge in [-0.1, -0.05) is 24.0 Å². The molecule has 6 heteroatoms. The van der Waals surface area contributed by atoms with Gasteiger partial charge in [0.05, 0.1) is 22.3 Å². The first kappa shape index (κ1) is 18.3. The van der Waals surface area contributed by atoms with Crippen LogP contribution in [0.3, 0.4) is 0 Å². The first-order valence-electron chi connectivity index (χ1n) is 9.03. The number of nitrogens with one attached hydrogen (secondary N) is 1. The molecule has 5 nitrogen and oxygen atoms in total. The van der Waals surface area contributed by atoms with Crippen molar-refractivity contribution in [1.29, 1.82) is 0 Å². The molecule has 142 valence electrons. The minimum atomic E-state index is -0.208. The third-order valence-electron chi connectivity index (χ3n) is 4.41. The largest absolute Gasteiger partial charge is 0.483 e. The van der Waals surface area contributed by atoms with Gasteiger partial charge in [-0.25, -0.2) is 4.98 Å². The fourth-order valence-corrected chi connectivity index (χ4v) is 3.87. The maximum atomic E-state index is 12.2. The smallest absolute Gasteiger partial charge is 0.252 e. The molecule has 1 amide bonds. The Balaban J connectivity index is 1.28. The lowest BCUT2D eigenvalue weighted by atomic mass is 10.0. The normalized spacial score (nSPS) is 13.9. The molecule has 0 aliphatic carbocycles. The highest BCUT2D eigenvalue weighted by molar-refractivity contribution is 7.16. The molecule has 28 heavy (non-hydrogen) atoms. The first-order valence-corrected chi connectivity index (χ1v) is 9.91. The van der Waals surface area contributed by atoms with Gasteiger partial charge in [0, 0.05) is 17.5 Å². The Hall–Kier alpha value is -3.04. The van der Waals surface area contributed by atoms with Crippen molar-refractivity contribution in [3.8, 4) is 23.3 Å². The van der Waals surface area contributed by atoms with Gasteiger partial charge in [-0.05, 0) is 38.1 Å². The van der Waals surface area contributed by atoms with Crippen molar-refractivity contribution >= 4 is 27.5 Å². The number of amides is 1. The summed E-state index contributed by atoms with van der Waals surface area (Å²) in [5.41, 5.74) is 4.22. The van der Waals surface area contributed by atoms with Crippen LogP contribution in [0, 0.1) is 11.8 Å². The lowest BCUT2D eigenvalue weighted by molar-refractivity contribution is 0.0959. The van der Waals surface area contributed by atoms with E-state index in [0.29, 0.717) is 11.3 Å².